The van der Waals surface area contributed by atoms with Crippen molar-refractivity contribution in [2.24, 2.45) is 5.92 Å². The normalized spacial score (nSPS) is 24.4. The van der Waals surface area contributed by atoms with Gasteiger partial charge >= 0.3 is 0 Å². The Morgan fingerprint density at radius 1 is 1.04 bits per heavy atom. The van der Waals surface area contributed by atoms with Crippen molar-refractivity contribution in [3.05, 3.63) is 60.2 Å². The molecule has 0 radical (unpaired) electrons. The van der Waals surface area contributed by atoms with Crippen LogP contribution >= 0.6 is 0 Å². The second-order valence-corrected chi connectivity index (χ2v) is 9.06. The van der Waals surface area contributed by atoms with E-state index in [2.05, 4.69) is 20.9 Å². The first kappa shape index (κ1) is 18.9. The van der Waals surface area contributed by atoms with Gasteiger partial charge in [0, 0.05) is 29.9 Å². The average molecular weight is 401 g/mol. The standard InChI is InChI=1S/C20H24N4O3S/c25-20(22-16-9-10-19-15(12-16)13-21-23-19)14-5-4-6-17(11-14)24-28(26,27)18-7-2-1-3-8-18/h1-8,11,15-16,19,21,23-24H,9-10,12-13H2,(H,22,25). The summed E-state index contributed by atoms with van der Waals surface area (Å²) in [5.41, 5.74) is 7.27. The molecular formula is C20H24N4O3S. The highest BCUT2D eigenvalue weighted by molar-refractivity contribution is 7.92. The van der Waals surface area contributed by atoms with E-state index in [1.165, 1.54) is 12.1 Å². The quantitative estimate of drug-likeness (QED) is 0.614. The largest absolute Gasteiger partial charge is 0.349 e. The molecule has 0 spiro atoms. The van der Waals surface area contributed by atoms with Crippen LogP contribution in [-0.2, 0) is 10.0 Å². The summed E-state index contributed by atoms with van der Waals surface area (Å²) in [5, 5.41) is 3.10. The monoisotopic (exact) mass is 400 g/mol. The van der Waals surface area contributed by atoms with Crippen LogP contribution in [0.25, 0.3) is 0 Å². The van der Waals surface area contributed by atoms with Gasteiger partial charge in [-0.25, -0.2) is 8.42 Å². The van der Waals surface area contributed by atoms with E-state index < -0.39 is 10.0 Å². The Kier molecular flexibility index (Phi) is 5.34. The van der Waals surface area contributed by atoms with Crippen LogP contribution in [0, 0.1) is 5.92 Å². The summed E-state index contributed by atoms with van der Waals surface area (Å²) in [7, 11) is -3.69. The summed E-state index contributed by atoms with van der Waals surface area (Å²) >= 11 is 0. The van der Waals surface area contributed by atoms with E-state index in [0.717, 1.165) is 25.8 Å². The van der Waals surface area contributed by atoms with Crippen molar-refractivity contribution in [1.82, 2.24) is 16.2 Å². The van der Waals surface area contributed by atoms with Crippen LogP contribution in [0.4, 0.5) is 5.69 Å². The topological polar surface area (TPSA) is 99.3 Å². The Labute approximate surface area is 164 Å². The highest BCUT2D eigenvalue weighted by Gasteiger charge is 2.34. The van der Waals surface area contributed by atoms with Gasteiger partial charge in [-0.2, -0.15) is 0 Å². The van der Waals surface area contributed by atoms with Gasteiger partial charge < -0.3 is 5.32 Å². The molecule has 2 fully saturated rings. The van der Waals surface area contributed by atoms with Crippen molar-refractivity contribution in [3.8, 4) is 0 Å². The highest BCUT2D eigenvalue weighted by Crippen LogP contribution is 2.27. The van der Waals surface area contributed by atoms with Crippen molar-refractivity contribution in [2.75, 3.05) is 11.3 Å². The smallest absolute Gasteiger partial charge is 0.261 e. The van der Waals surface area contributed by atoms with E-state index in [4.69, 9.17) is 0 Å². The van der Waals surface area contributed by atoms with Crippen LogP contribution < -0.4 is 20.9 Å². The molecule has 28 heavy (non-hydrogen) atoms. The summed E-state index contributed by atoms with van der Waals surface area (Å²) in [6.45, 7) is 0.924. The summed E-state index contributed by atoms with van der Waals surface area (Å²) in [4.78, 5) is 12.9. The summed E-state index contributed by atoms with van der Waals surface area (Å²) in [6, 6.07) is 15.4. The summed E-state index contributed by atoms with van der Waals surface area (Å²) in [6.07, 6.45) is 2.90. The molecule has 4 N–H and O–H groups in total. The SMILES string of the molecule is O=C(NC1CCC2NNCC2C1)c1cccc(NS(=O)(=O)c2ccccc2)c1. The molecule has 3 atom stereocenters. The number of rotatable bonds is 5. The van der Waals surface area contributed by atoms with Crippen molar-refractivity contribution in [2.45, 2.75) is 36.2 Å². The van der Waals surface area contributed by atoms with Gasteiger partial charge in [-0.15, -0.1) is 0 Å². The fourth-order valence-electron chi connectivity index (χ4n) is 3.94. The molecule has 2 aromatic carbocycles. The first-order chi connectivity index (χ1) is 13.5. The van der Waals surface area contributed by atoms with Gasteiger partial charge in [0.1, 0.15) is 0 Å². The molecule has 1 aliphatic heterocycles. The summed E-state index contributed by atoms with van der Waals surface area (Å²) < 4.78 is 27.5. The maximum atomic E-state index is 12.7. The first-order valence-corrected chi connectivity index (χ1v) is 11.0. The Hall–Kier alpha value is -2.42. The molecule has 1 saturated carbocycles. The van der Waals surface area contributed by atoms with Crippen LogP contribution in [0.15, 0.2) is 59.5 Å². The van der Waals surface area contributed by atoms with E-state index in [9.17, 15) is 13.2 Å². The van der Waals surface area contributed by atoms with Crippen molar-refractivity contribution < 1.29 is 13.2 Å². The number of amides is 1. The highest BCUT2D eigenvalue weighted by atomic mass is 32.2. The van der Waals surface area contributed by atoms with E-state index >= 15 is 0 Å². The Morgan fingerprint density at radius 3 is 2.68 bits per heavy atom. The van der Waals surface area contributed by atoms with Gasteiger partial charge in [0.25, 0.3) is 15.9 Å². The fraction of sp³-hybridized carbons (Fsp3) is 0.350. The van der Waals surface area contributed by atoms with Crippen molar-refractivity contribution >= 4 is 21.6 Å². The zero-order chi connectivity index (χ0) is 19.6. The van der Waals surface area contributed by atoms with Gasteiger partial charge in [0.2, 0.25) is 0 Å². The molecule has 0 aromatic heterocycles. The van der Waals surface area contributed by atoms with Crippen LogP contribution in [0.1, 0.15) is 29.6 Å². The molecule has 1 amide bonds. The molecule has 4 rings (SSSR count). The molecule has 2 aromatic rings. The molecule has 1 heterocycles. The third-order valence-corrected chi connectivity index (χ3v) is 6.80. The number of hydrazine groups is 1. The number of nitrogens with one attached hydrogen (secondary N) is 4. The van der Waals surface area contributed by atoms with Crippen LogP contribution in [0.3, 0.4) is 0 Å². The molecule has 2 aliphatic rings. The lowest BCUT2D eigenvalue weighted by atomic mass is 9.83. The maximum absolute atomic E-state index is 12.7. The minimum Gasteiger partial charge on any atom is -0.349 e. The third kappa shape index (κ3) is 4.19. The third-order valence-electron chi connectivity index (χ3n) is 5.40. The molecular weight excluding hydrogens is 376 g/mol. The molecule has 148 valence electrons. The number of fused-ring (bicyclic) bond motifs is 1. The molecule has 0 bridgehead atoms. The van der Waals surface area contributed by atoms with Crippen molar-refractivity contribution in [1.29, 1.82) is 0 Å². The van der Waals surface area contributed by atoms with Gasteiger partial charge in [-0.1, -0.05) is 24.3 Å². The van der Waals surface area contributed by atoms with Gasteiger partial charge in [-0.3, -0.25) is 20.4 Å². The second kappa shape index (κ2) is 7.90. The van der Waals surface area contributed by atoms with Gasteiger partial charge in [0.05, 0.1) is 4.90 Å². The minimum absolute atomic E-state index is 0.139. The second-order valence-electron chi connectivity index (χ2n) is 7.37. The Morgan fingerprint density at radius 2 is 1.86 bits per heavy atom. The molecule has 7 nitrogen and oxygen atoms in total. The zero-order valence-electron chi connectivity index (χ0n) is 15.4. The molecule has 8 heteroatoms. The van der Waals surface area contributed by atoms with E-state index in [1.807, 2.05) is 0 Å². The average Bonchev–Trinajstić information content (AvgIpc) is 3.16. The predicted molar refractivity (Wildman–Crippen MR) is 107 cm³/mol. The molecule has 1 saturated heterocycles. The first-order valence-electron chi connectivity index (χ1n) is 9.48. The number of anilines is 1. The number of hydrogen-bond donors (Lipinski definition) is 4. The van der Waals surface area contributed by atoms with Crippen LogP contribution in [0.5, 0.6) is 0 Å². The molecule has 3 unspecified atom stereocenters. The van der Waals surface area contributed by atoms with E-state index in [1.54, 1.807) is 42.5 Å². The number of sulfonamides is 1. The van der Waals surface area contributed by atoms with Gasteiger partial charge in [-0.05, 0) is 55.5 Å². The number of benzene rings is 2. The number of hydrogen-bond acceptors (Lipinski definition) is 5. The van der Waals surface area contributed by atoms with E-state index in [-0.39, 0.29) is 16.8 Å². The molecule has 1 aliphatic carbocycles. The van der Waals surface area contributed by atoms with Gasteiger partial charge in [0.15, 0.2) is 0 Å². The number of carbonyl (C=O) groups excluding carboxylic acids is 1. The minimum atomic E-state index is -3.69. The zero-order valence-corrected chi connectivity index (χ0v) is 16.2. The Bertz CT molecular complexity index is 949. The van der Waals surface area contributed by atoms with E-state index in [0.29, 0.717) is 23.2 Å². The Balaban J connectivity index is 1.42. The van der Waals surface area contributed by atoms with Crippen molar-refractivity contribution in [3.63, 3.8) is 0 Å². The maximum Gasteiger partial charge on any atom is 0.261 e. The summed E-state index contributed by atoms with van der Waals surface area (Å²) in [5.74, 6) is 0.353. The van der Waals surface area contributed by atoms with Crippen LogP contribution in [-0.4, -0.2) is 33.0 Å². The fourth-order valence-corrected chi connectivity index (χ4v) is 5.01. The lowest BCUT2D eigenvalue weighted by Gasteiger charge is -2.31. The van der Waals surface area contributed by atoms with Crippen LogP contribution in [0.2, 0.25) is 0 Å². The number of carbonyl (C=O) groups is 1. The lowest BCUT2D eigenvalue weighted by molar-refractivity contribution is 0.0918. The lowest BCUT2D eigenvalue weighted by Crippen LogP contribution is -2.44. The predicted octanol–water partition coefficient (Wildman–Crippen LogP) is 1.86.